The van der Waals surface area contributed by atoms with Crippen molar-refractivity contribution < 1.29 is 4.74 Å². The minimum Gasteiger partial charge on any atom is -0.496 e. The molecule has 1 aromatic rings. The fraction of sp³-hybridized carbons (Fsp3) is 0.400. The van der Waals surface area contributed by atoms with Crippen LogP contribution in [0.1, 0.15) is 16.7 Å². The Morgan fingerprint density at radius 3 is 2.08 bits per heavy atom. The number of methoxy groups -OCH3 is 1. The van der Waals surface area contributed by atoms with Crippen molar-refractivity contribution in [2.24, 2.45) is 0 Å². The average Bonchev–Trinajstić information content (AvgIpc) is 2.01. The van der Waals surface area contributed by atoms with Gasteiger partial charge in [0.15, 0.2) is 0 Å². The van der Waals surface area contributed by atoms with E-state index in [4.69, 9.17) is 4.74 Å². The van der Waals surface area contributed by atoms with Crippen LogP contribution in [0.2, 0.25) is 0 Å². The average molecular weight is 167 g/mol. The number of rotatable bonds is 1. The van der Waals surface area contributed by atoms with Crippen LogP contribution in [0, 0.1) is 20.8 Å². The van der Waals surface area contributed by atoms with Crippen LogP contribution in [0.5, 0.6) is 5.75 Å². The summed E-state index contributed by atoms with van der Waals surface area (Å²) in [5.41, 5.74) is 3.89. The number of ether oxygens (including phenoxy) is 1. The lowest BCUT2D eigenvalue weighted by Gasteiger charge is -2.08. The second-order valence-electron chi connectivity index (χ2n) is 2.83. The minimum absolute atomic E-state index is 0. The molecule has 68 valence electrons. The molecule has 2 heteroatoms. The summed E-state index contributed by atoms with van der Waals surface area (Å²) in [4.78, 5) is 0. The predicted molar refractivity (Wildman–Crippen MR) is 52.2 cm³/mol. The zero-order valence-electron chi connectivity index (χ0n) is 8.27. The molecular formula is C10H17NO. The summed E-state index contributed by atoms with van der Waals surface area (Å²) in [6, 6.07) is 4.10. The smallest absolute Gasteiger partial charge is 0.122 e. The van der Waals surface area contributed by atoms with Gasteiger partial charge in [-0.3, -0.25) is 0 Å². The second-order valence-corrected chi connectivity index (χ2v) is 2.83. The molecule has 1 rings (SSSR count). The second kappa shape index (κ2) is 4.12. The maximum Gasteiger partial charge on any atom is 0.122 e. The Kier molecular flexibility index (Phi) is 3.77. The Morgan fingerprint density at radius 1 is 1.00 bits per heavy atom. The normalized spacial score (nSPS) is 9.00. The van der Waals surface area contributed by atoms with Gasteiger partial charge in [-0.1, -0.05) is 6.07 Å². The number of hydrogen-bond acceptors (Lipinski definition) is 2. The molecule has 0 aliphatic rings. The van der Waals surface area contributed by atoms with Gasteiger partial charge in [-0.25, -0.2) is 0 Å². The third-order valence-corrected chi connectivity index (χ3v) is 2.23. The third-order valence-electron chi connectivity index (χ3n) is 2.23. The third kappa shape index (κ3) is 1.77. The molecule has 0 fully saturated rings. The molecule has 2 nitrogen and oxygen atoms in total. The highest BCUT2D eigenvalue weighted by Crippen LogP contribution is 2.22. The summed E-state index contributed by atoms with van der Waals surface area (Å²) in [7, 11) is 1.71. The van der Waals surface area contributed by atoms with E-state index in [1.807, 2.05) is 6.07 Å². The van der Waals surface area contributed by atoms with Crippen LogP contribution in [0.15, 0.2) is 12.1 Å². The summed E-state index contributed by atoms with van der Waals surface area (Å²) in [5.74, 6) is 0.980. The van der Waals surface area contributed by atoms with Gasteiger partial charge >= 0.3 is 0 Å². The Balaban J connectivity index is 0.00000121. The predicted octanol–water partition coefficient (Wildman–Crippen LogP) is 2.78. The van der Waals surface area contributed by atoms with Crippen molar-refractivity contribution in [3.8, 4) is 5.75 Å². The van der Waals surface area contributed by atoms with Gasteiger partial charge in [-0.05, 0) is 43.5 Å². The van der Waals surface area contributed by atoms with E-state index in [-0.39, 0.29) is 6.15 Å². The Labute approximate surface area is 74.1 Å². The van der Waals surface area contributed by atoms with Crippen LogP contribution in [-0.2, 0) is 0 Å². The van der Waals surface area contributed by atoms with E-state index in [1.54, 1.807) is 7.11 Å². The zero-order chi connectivity index (χ0) is 8.43. The molecule has 12 heavy (non-hydrogen) atoms. The van der Waals surface area contributed by atoms with Gasteiger partial charge < -0.3 is 10.9 Å². The van der Waals surface area contributed by atoms with Crippen LogP contribution in [0.25, 0.3) is 0 Å². The van der Waals surface area contributed by atoms with Gasteiger partial charge in [-0.2, -0.15) is 0 Å². The number of aryl methyl sites for hydroxylation is 1. The standard InChI is InChI=1S/C10H14O.H3N/c1-7-5-6-10(11-4)9(3)8(7)2;/h5-6H,1-4H3;1H3. The van der Waals surface area contributed by atoms with Gasteiger partial charge in [0.2, 0.25) is 0 Å². The van der Waals surface area contributed by atoms with Crippen molar-refractivity contribution in [1.82, 2.24) is 6.15 Å². The molecule has 0 amide bonds. The topological polar surface area (TPSA) is 44.2 Å². The molecule has 0 unspecified atom stereocenters. The molecule has 0 heterocycles. The lowest BCUT2D eigenvalue weighted by atomic mass is 10.0. The van der Waals surface area contributed by atoms with Crippen molar-refractivity contribution >= 4 is 0 Å². The van der Waals surface area contributed by atoms with Crippen molar-refractivity contribution in [1.29, 1.82) is 0 Å². The highest BCUT2D eigenvalue weighted by atomic mass is 16.5. The molecule has 0 saturated carbocycles. The summed E-state index contributed by atoms with van der Waals surface area (Å²) in [6.45, 7) is 6.32. The molecule has 0 aliphatic heterocycles. The highest BCUT2D eigenvalue weighted by Gasteiger charge is 2.01. The van der Waals surface area contributed by atoms with Crippen molar-refractivity contribution in [2.75, 3.05) is 7.11 Å². The van der Waals surface area contributed by atoms with Gasteiger partial charge in [0.05, 0.1) is 7.11 Å². The maximum atomic E-state index is 5.18. The van der Waals surface area contributed by atoms with Gasteiger partial charge in [0.1, 0.15) is 5.75 Å². The fourth-order valence-corrected chi connectivity index (χ4v) is 1.15. The van der Waals surface area contributed by atoms with Gasteiger partial charge in [0, 0.05) is 0 Å². The highest BCUT2D eigenvalue weighted by molar-refractivity contribution is 5.42. The molecule has 0 radical (unpaired) electrons. The monoisotopic (exact) mass is 167 g/mol. The first kappa shape index (κ1) is 11.0. The SMILES string of the molecule is COc1ccc(C)c(C)c1C.N. The van der Waals surface area contributed by atoms with Crippen molar-refractivity contribution in [2.45, 2.75) is 20.8 Å². The number of benzene rings is 1. The molecule has 0 saturated heterocycles. The molecule has 0 aliphatic carbocycles. The van der Waals surface area contributed by atoms with Crippen LogP contribution in [0.3, 0.4) is 0 Å². The van der Waals surface area contributed by atoms with Crippen molar-refractivity contribution in [3.05, 3.63) is 28.8 Å². The largest absolute Gasteiger partial charge is 0.496 e. The lowest BCUT2D eigenvalue weighted by molar-refractivity contribution is 0.411. The van der Waals surface area contributed by atoms with E-state index >= 15 is 0 Å². The van der Waals surface area contributed by atoms with Crippen LogP contribution < -0.4 is 10.9 Å². The molecule has 1 aromatic carbocycles. The molecule has 0 spiro atoms. The van der Waals surface area contributed by atoms with E-state index in [1.165, 1.54) is 16.7 Å². The Morgan fingerprint density at radius 2 is 1.58 bits per heavy atom. The zero-order valence-corrected chi connectivity index (χ0v) is 8.27. The van der Waals surface area contributed by atoms with Gasteiger partial charge in [0.25, 0.3) is 0 Å². The Bertz CT molecular complexity index is 269. The molecule has 0 aromatic heterocycles. The summed E-state index contributed by atoms with van der Waals surface area (Å²) in [6.07, 6.45) is 0. The molecule has 0 bridgehead atoms. The molecule has 0 atom stereocenters. The molecule has 3 N–H and O–H groups in total. The molecular weight excluding hydrogens is 150 g/mol. The Hall–Kier alpha value is -1.02. The number of hydrogen-bond donors (Lipinski definition) is 1. The summed E-state index contributed by atoms with van der Waals surface area (Å²) >= 11 is 0. The summed E-state index contributed by atoms with van der Waals surface area (Å²) in [5, 5.41) is 0. The van der Waals surface area contributed by atoms with E-state index in [9.17, 15) is 0 Å². The quantitative estimate of drug-likeness (QED) is 0.699. The van der Waals surface area contributed by atoms with Crippen LogP contribution in [-0.4, -0.2) is 7.11 Å². The van der Waals surface area contributed by atoms with E-state index in [2.05, 4.69) is 26.8 Å². The minimum atomic E-state index is 0. The van der Waals surface area contributed by atoms with E-state index in [0.29, 0.717) is 0 Å². The van der Waals surface area contributed by atoms with E-state index in [0.717, 1.165) is 5.75 Å². The fourth-order valence-electron chi connectivity index (χ4n) is 1.15. The maximum absolute atomic E-state index is 5.18. The van der Waals surface area contributed by atoms with Crippen molar-refractivity contribution in [3.63, 3.8) is 0 Å². The lowest BCUT2D eigenvalue weighted by Crippen LogP contribution is -1.91. The van der Waals surface area contributed by atoms with Crippen LogP contribution in [0.4, 0.5) is 0 Å². The van der Waals surface area contributed by atoms with Gasteiger partial charge in [-0.15, -0.1) is 0 Å². The van der Waals surface area contributed by atoms with Crippen LogP contribution >= 0.6 is 0 Å². The first-order valence-electron chi connectivity index (χ1n) is 3.77. The van der Waals surface area contributed by atoms with E-state index < -0.39 is 0 Å². The first-order chi connectivity index (χ1) is 5.16. The first-order valence-corrected chi connectivity index (χ1v) is 3.77. The summed E-state index contributed by atoms with van der Waals surface area (Å²) < 4.78 is 5.18.